The Labute approximate surface area is 181 Å². The molecule has 1 heterocycles. The molecule has 1 amide bonds. The molecule has 1 aliphatic rings. The van der Waals surface area contributed by atoms with Gasteiger partial charge in [0.2, 0.25) is 0 Å². The topological polar surface area (TPSA) is 122 Å². The summed E-state index contributed by atoms with van der Waals surface area (Å²) in [6.07, 6.45) is -4.76. The minimum absolute atomic E-state index is 0.107. The minimum atomic E-state index is -4.76. The minimum Gasteiger partial charge on any atom is -0.292 e. The van der Waals surface area contributed by atoms with Crippen molar-refractivity contribution in [3.63, 3.8) is 0 Å². The van der Waals surface area contributed by atoms with Gasteiger partial charge >= 0.3 is 6.18 Å². The zero-order valence-corrected chi connectivity index (χ0v) is 17.3. The molecular formula is C19H19F3N4O5S. The van der Waals surface area contributed by atoms with Crippen LogP contribution >= 0.6 is 0 Å². The van der Waals surface area contributed by atoms with Gasteiger partial charge in [-0.25, -0.2) is 8.42 Å². The van der Waals surface area contributed by atoms with Gasteiger partial charge in [0.25, 0.3) is 11.6 Å². The molecule has 2 N–H and O–H groups in total. The molecule has 1 unspecified atom stereocenters. The molecule has 13 heteroatoms. The van der Waals surface area contributed by atoms with Crippen LogP contribution < -0.4 is 10.9 Å². The van der Waals surface area contributed by atoms with Crippen molar-refractivity contribution in [2.45, 2.75) is 12.2 Å². The molecule has 0 saturated carbocycles. The lowest BCUT2D eigenvalue weighted by molar-refractivity contribution is -0.384. The van der Waals surface area contributed by atoms with Crippen LogP contribution in [0.25, 0.3) is 0 Å². The summed E-state index contributed by atoms with van der Waals surface area (Å²) in [6.45, 7) is 0.214. The fraction of sp³-hybridized carbons (Fsp3) is 0.316. The Kier molecular flexibility index (Phi) is 6.69. The van der Waals surface area contributed by atoms with E-state index < -0.39 is 44.1 Å². The predicted octanol–water partition coefficient (Wildman–Crippen LogP) is 2.53. The molecular weight excluding hydrogens is 453 g/mol. The van der Waals surface area contributed by atoms with Crippen LogP contribution in [0.1, 0.15) is 17.2 Å². The van der Waals surface area contributed by atoms with Crippen molar-refractivity contribution in [2.24, 2.45) is 0 Å². The summed E-state index contributed by atoms with van der Waals surface area (Å²) in [5, 5.41) is 11.2. The molecule has 1 aliphatic heterocycles. The van der Waals surface area contributed by atoms with Gasteiger partial charge in [-0.05, 0) is 17.7 Å². The number of nitro groups is 1. The third-order valence-corrected chi connectivity index (χ3v) is 6.56. The number of nitro benzene ring substituents is 1. The number of rotatable bonds is 6. The summed E-state index contributed by atoms with van der Waals surface area (Å²) in [6, 6.07) is 9.46. The second kappa shape index (κ2) is 9.12. The van der Waals surface area contributed by atoms with Gasteiger partial charge < -0.3 is 0 Å². The Morgan fingerprint density at radius 1 is 1.09 bits per heavy atom. The van der Waals surface area contributed by atoms with Crippen LogP contribution in [0.15, 0.2) is 48.5 Å². The molecule has 0 bridgehead atoms. The number of halogens is 3. The molecule has 0 spiro atoms. The van der Waals surface area contributed by atoms with Gasteiger partial charge in [-0.2, -0.15) is 13.2 Å². The molecule has 0 aliphatic carbocycles. The molecule has 172 valence electrons. The fourth-order valence-corrected chi connectivity index (χ4v) is 4.54. The quantitative estimate of drug-likeness (QED) is 0.489. The van der Waals surface area contributed by atoms with Crippen LogP contribution in [0, 0.1) is 10.1 Å². The number of nitrogens with zero attached hydrogens (tertiary/aromatic N) is 2. The number of hydrogen-bond donors (Lipinski definition) is 2. The molecule has 32 heavy (non-hydrogen) atoms. The summed E-state index contributed by atoms with van der Waals surface area (Å²) < 4.78 is 62.1. The Morgan fingerprint density at radius 2 is 1.72 bits per heavy atom. The summed E-state index contributed by atoms with van der Waals surface area (Å²) in [5.41, 5.74) is 2.80. The standard InChI is InChI=1S/C19H19F3N4O5S/c20-19(21,22)14-6-7-15(16(12-14)26(28)29)23-24-18(27)17(13-4-2-1-3-5-13)25-8-10-32(30,31)11-9-25/h1-7,12,17,23H,8-11H2,(H,24,27). The Morgan fingerprint density at radius 3 is 2.28 bits per heavy atom. The van der Waals surface area contributed by atoms with Gasteiger partial charge in [-0.15, -0.1) is 0 Å². The summed E-state index contributed by atoms with van der Waals surface area (Å²) in [7, 11) is -3.20. The second-order valence-electron chi connectivity index (χ2n) is 7.10. The fourth-order valence-electron chi connectivity index (χ4n) is 3.31. The van der Waals surface area contributed by atoms with Gasteiger partial charge in [0.1, 0.15) is 11.7 Å². The van der Waals surface area contributed by atoms with Crippen LogP contribution in [0.3, 0.4) is 0 Å². The Hall–Kier alpha value is -3.19. The van der Waals surface area contributed by atoms with E-state index in [-0.39, 0.29) is 30.3 Å². The lowest BCUT2D eigenvalue weighted by Gasteiger charge is -2.33. The van der Waals surface area contributed by atoms with E-state index in [0.717, 1.165) is 6.07 Å². The van der Waals surface area contributed by atoms with Crippen molar-refractivity contribution >= 4 is 27.1 Å². The zero-order chi connectivity index (χ0) is 23.5. The highest BCUT2D eigenvalue weighted by atomic mass is 32.2. The zero-order valence-electron chi connectivity index (χ0n) is 16.5. The maximum atomic E-state index is 13.0. The molecule has 1 saturated heterocycles. The van der Waals surface area contributed by atoms with Crippen LogP contribution in [-0.4, -0.2) is 48.7 Å². The van der Waals surface area contributed by atoms with Crippen LogP contribution in [0.4, 0.5) is 24.5 Å². The van der Waals surface area contributed by atoms with E-state index in [9.17, 15) is 36.5 Å². The second-order valence-corrected chi connectivity index (χ2v) is 9.41. The van der Waals surface area contributed by atoms with Gasteiger partial charge in [-0.3, -0.25) is 30.7 Å². The molecule has 3 rings (SSSR count). The lowest BCUT2D eigenvalue weighted by Crippen LogP contribution is -2.48. The normalized spacial score (nSPS) is 17.3. The largest absolute Gasteiger partial charge is 0.416 e. The molecule has 9 nitrogen and oxygen atoms in total. The van der Waals surface area contributed by atoms with Crippen molar-refractivity contribution < 1.29 is 31.3 Å². The maximum absolute atomic E-state index is 13.0. The van der Waals surface area contributed by atoms with E-state index in [1.165, 1.54) is 0 Å². The van der Waals surface area contributed by atoms with Crippen LogP contribution in [-0.2, 0) is 20.8 Å². The first-order valence-corrected chi connectivity index (χ1v) is 11.2. The van der Waals surface area contributed by atoms with E-state index in [0.29, 0.717) is 17.7 Å². The van der Waals surface area contributed by atoms with Crippen molar-refractivity contribution in [1.82, 2.24) is 10.3 Å². The third-order valence-electron chi connectivity index (χ3n) is 4.95. The average Bonchev–Trinajstić information content (AvgIpc) is 2.73. The number of anilines is 1. The van der Waals surface area contributed by atoms with Crippen LogP contribution in [0.5, 0.6) is 0 Å². The van der Waals surface area contributed by atoms with E-state index in [2.05, 4.69) is 10.9 Å². The van der Waals surface area contributed by atoms with Gasteiger partial charge in [0, 0.05) is 19.2 Å². The first-order valence-electron chi connectivity index (χ1n) is 9.39. The summed E-state index contributed by atoms with van der Waals surface area (Å²) in [4.78, 5) is 24.9. The SMILES string of the molecule is O=C(NNc1ccc(C(F)(F)F)cc1[N+](=O)[O-])C(c1ccccc1)N1CCS(=O)(=O)CC1. The summed E-state index contributed by atoms with van der Waals surface area (Å²) >= 11 is 0. The maximum Gasteiger partial charge on any atom is 0.416 e. The number of amides is 1. The number of hydrogen-bond acceptors (Lipinski definition) is 7. The van der Waals surface area contributed by atoms with Gasteiger partial charge in [-0.1, -0.05) is 30.3 Å². The molecule has 2 aromatic carbocycles. The van der Waals surface area contributed by atoms with E-state index >= 15 is 0 Å². The Balaban J connectivity index is 1.82. The number of sulfone groups is 1. The van der Waals surface area contributed by atoms with Crippen molar-refractivity contribution in [3.05, 3.63) is 69.8 Å². The molecule has 0 aromatic heterocycles. The van der Waals surface area contributed by atoms with Crippen LogP contribution in [0.2, 0.25) is 0 Å². The lowest BCUT2D eigenvalue weighted by atomic mass is 10.0. The number of nitrogens with one attached hydrogen (secondary N) is 2. The van der Waals surface area contributed by atoms with E-state index in [1.807, 2.05) is 0 Å². The summed E-state index contributed by atoms with van der Waals surface area (Å²) in [5.74, 6) is -0.896. The Bertz CT molecular complexity index is 1100. The number of carbonyl (C=O) groups excluding carboxylic acids is 1. The highest BCUT2D eigenvalue weighted by Gasteiger charge is 2.34. The smallest absolute Gasteiger partial charge is 0.292 e. The van der Waals surface area contributed by atoms with Crippen molar-refractivity contribution in [1.29, 1.82) is 0 Å². The van der Waals surface area contributed by atoms with E-state index in [1.54, 1.807) is 35.2 Å². The molecule has 1 atom stereocenters. The number of alkyl halides is 3. The predicted molar refractivity (Wildman–Crippen MR) is 109 cm³/mol. The third kappa shape index (κ3) is 5.53. The number of carbonyl (C=O) groups is 1. The first kappa shape index (κ1) is 23.5. The monoisotopic (exact) mass is 472 g/mol. The van der Waals surface area contributed by atoms with E-state index in [4.69, 9.17) is 0 Å². The first-order chi connectivity index (χ1) is 15.0. The molecule has 1 fully saturated rings. The van der Waals surface area contributed by atoms with Crippen molar-refractivity contribution in [2.75, 3.05) is 30.0 Å². The average molecular weight is 472 g/mol. The highest BCUT2D eigenvalue weighted by Crippen LogP contribution is 2.34. The molecule has 2 aromatic rings. The van der Waals surface area contributed by atoms with Gasteiger partial charge in [0.15, 0.2) is 9.84 Å². The number of hydrazine groups is 1. The molecule has 0 radical (unpaired) electrons. The number of benzene rings is 2. The van der Waals surface area contributed by atoms with Crippen molar-refractivity contribution in [3.8, 4) is 0 Å². The highest BCUT2D eigenvalue weighted by molar-refractivity contribution is 7.91. The van der Waals surface area contributed by atoms with Gasteiger partial charge in [0.05, 0.1) is 22.0 Å².